The Morgan fingerprint density at radius 2 is 1.89 bits per heavy atom. The molecular formula is C20H21FN2O3S. The van der Waals surface area contributed by atoms with Gasteiger partial charge in [0.1, 0.15) is 5.82 Å². The second kappa shape index (κ2) is 6.64. The summed E-state index contributed by atoms with van der Waals surface area (Å²) in [5, 5.41) is 2.92. The number of fused-ring (bicyclic) bond motifs is 1. The van der Waals surface area contributed by atoms with Crippen LogP contribution in [0.4, 0.5) is 15.8 Å². The molecule has 2 aliphatic rings. The Balaban J connectivity index is 1.58. The van der Waals surface area contributed by atoms with Crippen LogP contribution in [0, 0.1) is 11.7 Å². The molecule has 1 saturated carbocycles. The van der Waals surface area contributed by atoms with Crippen molar-refractivity contribution in [3.63, 3.8) is 0 Å². The average Bonchev–Trinajstić information content (AvgIpc) is 3.33. The van der Waals surface area contributed by atoms with E-state index < -0.39 is 10.0 Å². The van der Waals surface area contributed by atoms with Crippen molar-refractivity contribution < 1.29 is 17.6 Å². The number of hydrogen-bond acceptors (Lipinski definition) is 3. The van der Waals surface area contributed by atoms with Crippen LogP contribution >= 0.6 is 0 Å². The molecule has 1 N–H and O–H groups in total. The number of nitrogens with one attached hydrogen (secondary N) is 1. The summed E-state index contributed by atoms with van der Waals surface area (Å²) in [6.45, 7) is 0.422. The maximum Gasteiger partial charge on any atom is 0.232 e. The summed E-state index contributed by atoms with van der Waals surface area (Å²) in [6, 6.07) is 11.4. The lowest BCUT2D eigenvalue weighted by atomic mass is 9.93. The van der Waals surface area contributed by atoms with Crippen LogP contribution in [0.15, 0.2) is 42.5 Å². The Bertz CT molecular complexity index is 985. The number of nitrogens with zero attached hydrogens (tertiary/aromatic N) is 1. The molecule has 1 atom stereocenters. The molecule has 0 spiro atoms. The van der Waals surface area contributed by atoms with Gasteiger partial charge in [-0.15, -0.1) is 0 Å². The maximum atomic E-state index is 13.2. The molecular weight excluding hydrogens is 367 g/mol. The molecule has 0 radical (unpaired) electrons. The normalized spacial score (nSPS) is 17.5. The minimum atomic E-state index is -3.34. The Morgan fingerprint density at radius 1 is 1.19 bits per heavy atom. The molecule has 1 aliphatic heterocycles. The second-order valence-electron chi connectivity index (χ2n) is 7.28. The summed E-state index contributed by atoms with van der Waals surface area (Å²) in [6.07, 6.45) is 3.80. The molecule has 2 aromatic carbocycles. The molecule has 1 aliphatic carbocycles. The Morgan fingerprint density at radius 3 is 2.52 bits per heavy atom. The van der Waals surface area contributed by atoms with Crippen LogP contribution in [0.2, 0.25) is 0 Å². The first-order valence-electron chi connectivity index (χ1n) is 9.00. The van der Waals surface area contributed by atoms with Crippen molar-refractivity contribution in [2.24, 2.45) is 5.92 Å². The highest BCUT2D eigenvalue weighted by Crippen LogP contribution is 2.43. The van der Waals surface area contributed by atoms with Gasteiger partial charge in [-0.05, 0) is 60.6 Å². The van der Waals surface area contributed by atoms with Gasteiger partial charge in [-0.1, -0.05) is 18.2 Å². The highest BCUT2D eigenvalue weighted by Gasteiger charge is 2.37. The molecule has 0 saturated heterocycles. The number of anilines is 2. The van der Waals surface area contributed by atoms with Crippen LogP contribution in [-0.4, -0.2) is 27.1 Å². The largest absolute Gasteiger partial charge is 0.325 e. The van der Waals surface area contributed by atoms with Crippen molar-refractivity contribution in [3.05, 3.63) is 59.4 Å². The molecule has 7 heteroatoms. The van der Waals surface area contributed by atoms with E-state index in [2.05, 4.69) is 5.32 Å². The number of carbonyl (C=O) groups excluding carboxylic acids is 1. The van der Waals surface area contributed by atoms with Gasteiger partial charge in [0.05, 0.1) is 17.9 Å². The van der Waals surface area contributed by atoms with E-state index in [0.29, 0.717) is 24.3 Å². The van der Waals surface area contributed by atoms with Crippen LogP contribution in [0.5, 0.6) is 0 Å². The summed E-state index contributed by atoms with van der Waals surface area (Å²) in [4.78, 5) is 12.9. The van der Waals surface area contributed by atoms with Crippen molar-refractivity contribution in [1.29, 1.82) is 0 Å². The summed E-state index contributed by atoms with van der Waals surface area (Å²) >= 11 is 0. The number of carbonyl (C=O) groups is 1. The highest BCUT2D eigenvalue weighted by atomic mass is 32.2. The number of rotatable bonds is 5. The van der Waals surface area contributed by atoms with Gasteiger partial charge in [0, 0.05) is 12.2 Å². The predicted molar refractivity (Wildman–Crippen MR) is 103 cm³/mol. The first-order chi connectivity index (χ1) is 12.8. The average molecular weight is 388 g/mol. The van der Waals surface area contributed by atoms with E-state index in [9.17, 15) is 17.6 Å². The highest BCUT2D eigenvalue weighted by molar-refractivity contribution is 7.92. The lowest BCUT2D eigenvalue weighted by Crippen LogP contribution is -2.27. The summed E-state index contributed by atoms with van der Waals surface area (Å²) in [7, 11) is -3.34. The minimum absolute atomic E-state index is 0.145. The topological polar surface area (TPSA) is 66.5 Å². The van der Waals surface area contributed by atoms with E-state index in [1.54, 1.807) is 24.3 Å². The third kappa shape index (κ3) is 3.69. The number of hydrogen-bond donors (Lipinski definition) is 1. The predicted octanol–water partition coefficient (Wildman–Crippen LogP) is 3.28. The Labute approximate surface area is 158 Å². The van der Waals surface area contributed by atoms with Crippen molar-refractivity contribution >= 4 is 27.3 Å². The van der Waals surface area contributed by atoms with E-state index in [1.165, 1.54) is 22.7 Å². The van der Waals surface area contributed by atoms with E-state index in [1.807, 2.05) is 6.07 Å². The van der Waals surface area contributed by atoms with Crippen molar-refractivity contribution in [2.75, 3.05) is 22.4 Å². The number of sulfonamides is 1. The van der Waals surface area contributed by atoms with Crippen LogP contribution in [0.1, 0.15) is 29.9 Å². The molecule has 1 heterocycles. The zero-order valence-corrected chi connectivity index (χ0v) is 15.8. The van der Waals surface area contributed by atoms with Crippen LogP contribution in [0.3, 0.4) is 0 Å². The van der Waals surface area contributed by atoms with E-state index in [-0.39, 0.29) is 23.6 Å². The molecule has 2 aromatic rings. The van der Waals surface area contributed by atoms with Crippen molar-refractivity contribution in [2.45, 2.75) is 25.2 Å². The van der Waals surface area contributed by atoms with Gasteiger partial charge in [-0.25, -0.2) is 12.8 Å². The van der Waals surface area contributed by atoms with Crippen molar-refractivity contribution in [3.8, 4) is 0 Å². The number of halogens is 1. The lowest BCUT2D eigenvalue weighted by molar-refractivity contribution is -0.118. The van der Waals surface area contributed by atoms with E-state index in [0.717, 1.165) is 24.0 Å². The van der Waals surface area contributed by atoms with Gasteiger partial charge in [0.2, 0.25) is 15.9 Å². The Kier molecular flexibility index (Phi) is 4.42. The molecule has 0 bridgehead atoms. The van der Waals surface area contributed by atoms with Crippen molar-refractivity contribution in [1.82, 2.24) is 0 Å². The summed E-state index contributed by atoms with van der Waals surface area (Å²) in [5.74, 6) is -0.538. The van der Waals surface area contributed by atoms with Gasteiger partial charge < -0.3 is 5.32 Å². The minimum Gasteiger partial charge on any atom is -0.325 e. The second-order valence-corrected chi connectivity index (χ2v) is 9.19. The molecule has 142 valence electrons. The zero-order chi connectivity index (χ0) is 19.2. The monoisotopic (exact) mass is 388 g/mol. The lowest BCUT2D eigenvalue weighted by Gasteiger charge is -2.19. The fourth-order valence-electron chi connectivity index (χ4n) is 3.73. The summed E-state index contributed by atoms with van der Waals surface area (Å²) < 4.78 is 38.5. The quantitative estimate of drug-likeness (QED) is 0.855. The van der Waals surface area contributed by atoms with Crippen LogP contribution in [0.25, 0.3) is 0 Å². The third-order valence-corrected chi connectivity index (χ3v) is 6.39. The standard InChI is InChI=1S/C20H21FN2O3S/c1-27(25,26)23-11-10-13-6-9-17(12-18(13)23)22-20(24)19(14-2-3-14)15-4-7-16(21)8-5-15/h4-9,12,14,19H,2-3,10-11H2,1H3,(H,22,24). The number of benzene rings is 2. The summed E-state index contributed by atoms with van der Waals surface area (Å²) in [5.41, 5.74) is 2.95. The van der Waals surface area contributed by atoms with E-state index in [4.69, 9.17) is 0 Å². The molecule has 5 nitrogen and oxygen atoms in total. The fraction of sp³-hybridized carbons (Fsp3) is 0.350. The number of amides is 1. The first-order valence-corrected chi connectivity index (χ1v) is 10.8. The van der Waals surface area contributed by atoms with Gasteiger partial charge in [0.15, 0.2) is 0 Å². The van der Waals surface area contributed by atoms with Crippen LogP contribution in [-0.2, 0) is 21.2 Å². The smallest absolute Gasteiger partial charge is 0.232 e. The molecule has 1 amide bonds. The molecule has 1 unspecified atom stereocenters. The van der Waals surface area contributed by atoms with Gasteiger partial charge >= 0.3 is 0 Å². The Hall–Kier alpha value is -2.41. The van der Waals surface area contributed by atoms with Crippen LogP contribution < -0.4 is 9.62 Å². The molecule has 1 fully saturated rings. The van der Waals surface area contributed by atoms with Gasteiger partial charge in [-0.3, -0.25) is 9.10 Å². The third-order valence-electron chi connectivity index (χ3n) is 5.21. The van der Waals surface area contributed by atoms with Gasteiger partial charge in [0.25, 0.3) is 0 Å². The first kappa shape index (κ1) is 18.0. The fourth-order valence-corrected chi connectivity index (χ4v) is 4.68. The van der Waals surface area contributed by atoms with Gasteiger partial charge in [-0.2, -0.15) is 0 Å². The molecule has 27 heavy (non-hydrogen) atoms. The zero-order valence-electron chi connectivity index (χ0n) is 15.0. The molecule has 4 rings (SSSR count). The SMILES string of the molecule is CS(=O)(=O)N1CCc2ccc(NC(=O)C(c3ccc(F)cc3)C3CC3)cc21. The maximum absolute atomic E-state index is 13.2. The van der Waals surface area contributed by atoms with E-state index >= 15 is 0 Å². The molecule has 0 aromatic heterocycles.